The van der Waals surface area contributed by atoms with Crippen molar-refractivity contribution in [3.8, 4) is 5.69 Å². The highest BCUT2D eigenvalue weighted by molar-refractivity contribution is 5.95. The van der Waals surface area contributed by atoms with Gasteiger partial charge in [-0.15, -0.1) is 0 Å². The van der Waals surface area contributed by atoms with Crippen molar-refractivity contribution < 1.29 is 9.18 Å². The number of amides is 1. The second-order valence-electron chi connectivity index (χ2n) is 6.04. The van der Waals surface area contributed by atoms with Gasteiger partial charge in [-0.3, -0.25) is 4.79 Å². The van der Waals surface area contributed by atoms with Crippen LogP contribution in [0.25, 0.3) is 5.69 Å². The highest BCUT2D eigenvalue weighted by Crippen LogP contribution is 2.26. The summed E-state index contributed by atoms with van der Waals surface area (Å²) >= 11 is 0. The van der Waals surface area contributed by atoms with Crippen LogP contribution in [0, 0.1) is 12.7 Å². The second kappa shape index (κ2) is 6.52. The van der Waals surface area contributed by atoms with E-state index in [9.17, 15) is 9.18 Å². The molecule has 122 valence electrons. The maximum absolute atomic E-state index is 14.0. The monoisotopic (exact) mass is 315 g/mol. The molecule has 0 spiro atoms. The van der Waals surface area contributed by atoms with Gasteiger partial charge >= 0.3 is 0 Å². The van der Waals surface area contributed by atoms with E-state index in [1.807, 2.05) is 18.7 Å². The van der Waals surface area contributed by atoms with Gasteiger partial charge in [0.25, 0.3) is 5.91 Å². The quantitative estimate of drug-likeness (QED) is 0.862. The molecule has 4 nitrogen and oxygen atoms in total. The molecule has 0 N–H and O–H groups in total. The van der Waals surface area contributed by atoms with Crippen LogP contribution in [0.1, 0.15) is 48.7 Å². The molecule has 1 aliphatic carbocycles. The maximum Gasteiger partial charge on any atom is 0.257 e. The summed E-state index contributed by atoms with van der Waals surface area (Å²) in [6.07, 6.45) is 6.06. The predicted molar refractivity (Wildman–Crippen MR) is 87.2 cm³/mol. The number of benzene rings is 1. The Balaban J connectivity index is 1.92. The number of rotatable bonds is 4. The Bertz CT molecular complexity index is 704. The standard InChI is InChI=1S/C18H22FN3O/c1-3-21(14-8-4-5-9-14)18(23)15-12-20-22(13(15)2)17-11-7-6-10-16(17)19/h6-7,10-12,14H,3-5,8-9H2,1-2H3. The van der Waals surface area contributed by atoms with E-state index in [0.717, 1.165) is 12.8 Å². The van der Waals surface area contributed by atoms with Crippen molar-refractivity contribution in [3.05, 3.63) is 47.5 Å². The molecule has 1 fully saturated rings. The van der Waals surface area contributed by atoms with Crippen molar-refractivity contribution in [1.82, 2.24) is 14.7 Å². The zero-order valence-corrected chi connectivity index (χ0v) is 13.6. The van der Waals surface area contributed by atoms with Crippen molar-refractivity contribution >= 4 is 5.91 Å². The fourth-order valence-electron chi connectivity index (χ4n) is 3.42. The number of nitrogens with zero attached hydrogens (tertiary/aromatic N) is 3. The number of carbonyl (C=O) groups is 1. The Hall–Kier alpha value is -2.17. The first-order valence-electron chi connectivity index (χ1n) is 8.24. The smallest absolute Gasteiger partial charge is 0.257 e. The normalized spacial score (nSPS) is 15.1. The Kier molecular flexibility index (Phi) is 4.46. The van der Waals surface area contributed by atoms with Gasteiger partial charge in [-0.1, -0.05) is 25.0 Å². The number of aromatic nitrogens is 2. The lowest BCUT2D eigenvalue weighted by molar-refractivity contribution is 0.0693. The fourth-order valence-corrected chi connectivity index (χ4v) is 3.42. The highest BCUT2D eigenvalue weighted by Gasteiger charge is 2.28. The van der Waals surface area contributed by atoms with Crippen LogP contribution >= 0.6 is 0 Å². The molecule has 3 rings (SSSR count). The Morgan fingerprint density at radius 1 is 1.35 bits per heavy atom. The van der Waals surface area contributed by atoms with E-state index in [2.05, 4.69) is 5.10 Å². The largest absolute Gasteiger partial charge is 0.336 e. The van der Waals surface area contributed by atoms with Crippen LogP contribution in [0.15, 0.2) is 30.5 Å². The molecule has 0 bridgehead atoms. The summed E-state index contributed by atoms with van der Waals surface area (Å²) in [6.45, 7) is 4.51. The Morgan fingerprint density at radius 2 is 2.04 bits per heavy atom. The molecule has 0 saturated heterocycles. The van der Waals surface area contributed by atoms with E-state index in [1.54, 1.807) is 24.4 Å². The van der Waals surface area contributed by atoms with Crippen LogP contribution < -0.4 is 0 Å². The van der Waals surface area contributed by atoms with E-state index in [4.69, 9.17) is 0 Å². The van der Waals surface area contributed by atoms with Crippen molar-refractivity contribution in [3.63, 3.8) is 0 Å². The lowest BCUT2D eigenvalue weighted by Gasteiger charge is -2.27. The SMILES string of the molecule is CCN(C(=O)c1cnn(-c2ccccc2F)c1C)C1CCCC1. The van der Waals surface area contributed by atoms with Crippen LogP contribution in [-0.2, 0) is 0 Å². The number of halogens is 1. The van der Waals surface area contributed by atoms with E-state index in [-0.39, 0.29) is 11.7 Å². The molecule has 0 atom stereocenters. The topological polar surface area (TPSA) is 38.1 Å². The summed E-state index contributed by atoms with van der Waals surface area (Å²) in [6, 6.07) is 6.79. The first kappa shape index (κ1) is 15.7. The number of hydrogen-bond acceptors (Lipinski definition) is 2. The van der Waals surface area contributed by atoms with Gasteiger partial charge in [-0.25, -0.2) is 9.07 Å². The molecule has 1 aromatic heterocycles. The lowest BCUT2D eigenvalue weighted by atomic mass is 10.1. The minimum atomic E-state index is -0.346. The van der Waals surface area contributed by atoms with Crippen LogP contribution in [0.4, 0.5) is 4.39 Å². The summed E-state index contributed by atoms with van der Waals surface area (Å²) in [4.78, 5) is 14.8. The zero-order valence-electron chi connectivity index (χ0n) is 13.6. The van der Waals surface area contributed by atoms with Crippen LogP contribution in [0.2, 0.25) is 0 Å². The van der Waals surface area contributed by atoms with Crippen molar-refractivity contribution in [2.75, 3.05) is 6.54 Å². The van der Waals surface area contributed by atoms with E-state index >= 15 is 0 Å². The average molecular weight is 315 g/mol. The second-order valence-corrected chi connectivity index (χ2v) is 6.04. The van der Waals surface area contributed by atoms with Gasteiger partial charge < -0.3 is 4.90 Å². The molecular weight excluding hydrogens is 293 g/mol. The summed E-state index contributed by atoms with van der Waals surface area (Å²) in [5, 5.41) is 4.24. The molecule has 5 heteroatoms. The number of para-hydroxylation sites is 1. The van der Waals surface area contributed by atoms with E-state index in [0.29, 0.717) is 29.5 Å². The molecule has 1 saturated carbocycles. The molecule has 1 aromatic carbocycles. The number of carbonyl (C=O) groups excluding carboxylic acids is 1. The zero-order chi connectivity index (χ0) is 16.4. The third-order valence-electron chi connectivity index (χ3n) is 4.69. The lowest BCUT2D eigenvalue weighted by Crippen LogP contribution is -2.38. The first-order valence-corrected chi connectivity index (χ1v) is 8.24. The van der Waals surface area contributed by atoms with Crippen molar-refractivity contribution in [2.24, 2.45) is 0 Å². The molecule has 1 amide bonds. The van der Waals surface area contributed by atoms with Gasteiger partial charge in [-0.05, 0) is 38.8 Å². The average Bonchev–Trinajstić information content (AvgIpc) is 3.19. The predicted octanol–water partition coefficient (Wildman–Crippen LogP) is 3.72. The molecule has 1 aliphatic rings. The van der Waals surface area contributed by atoms with E-state index < -0.39 is 0 Å². The van der Waals surface area contributed by atoms with Crippen LogP contribution in [-0.4, -0.2) is 33.2 Å². The summed E-state index contributed by atoms with van der Waals surface area (Å²) in [5.74, 6) is -0.347. The minimum Gasteiger partial charge on any atom is -0.336 e. The summed E-state index contributed by atoms with van der Waals surface area (Å²) in [7, 11) is 0. The highest BCUT2D eigenvalue weighted by atomic mass is 19.1. The van der Waals surface area contributed by atoms with Crippen LogP contribution in [0.5, 0.6) is 0 Å². The molecule has 23 heavy (non-hydrogen) atoms. The maximum atomic E-state index is 14.0. The van der Waals surface area contributed by atoms with Gasteiger partial charge in [0.1, 0.15) is 11.5 Å². The molecule has 0 radical (unpaired) electrons. The molecule has 2 aromatic rings. The minimum absolute atomic E-state index is 0.000473. The molecule has 0 unspecified atom stereocenters. The molecule has 1 heterocycles. The van der Waals surface area contributed by atoms with Crippen LogP contribution in [0.3, 0.4) is 0 Å². The molecular formula is C18H22FN3O. The third kappa shape index (κ3) is 2.87. The third-order valence-corrected chi connectivity index (χ3v) is 4.69. The van der Waals surface area contributed by atoms with Gasteiger partial charge in [0.2, 0.25) is 0 Å². The van der Waals surface area contributed by atoms with Gasteiger partial charge in [-0.2, -0.15) is 5.10 Å². The van der Waals surface area contributed by atoms with Gasteiger partial charge in [0.15, 0.2) is 0 Å². The Labute approximate surface area is 135 Å². The fraction of sp³-hybridized carbons (Fsp3) is 0.444. The summed E-state index contributed by atoms with van der Waals surface area (Å²) in [5.41, 5.74) is 1.60. The Morgan fingerprint density at radius 3 is 2.70 bits per heavy atom. The molecule has 0 aliphatic heterocycles. The van der Waals surface area contributed by atoms with Gasteiger partial charge in [0.05, 0.1) is 17.5 Å². The first-order chi connectivity index (χ1) is 11.1. The van der Waals surface area contributed by atoms with E-state index in [1.165, 1.54) is 23.6 Å². The number of hydrogen-bond donors (Lipinski definition) is 0. The van der Waals surface area contributed by atoms with Crippen molar-refractivity contribution in [1.29, 1.82) is 0 Å². The summed E-state index contributed by atoms with van der Waals surface area (Å²) < 4.78 is 15.5. The van der Waals surface area contributed by atoms with Gasteiger partial charge in [0, 0.05) is 12.6 Å². The van der Waals surface area contributed by atoms with Crippen molar-refractivity contribution in [2.45, 2.75) is 45.6 Å².